The molecule has 0 bridgehead atoms. The summed E-state index contributed by atoms with van der Waals surface area (Å²) in [7, 11) is 1.81. The predicted octanol–water partition coefficient (Wildman–Crippen LogP) is 4.26. The Hall–Kier alpha value is -4.33. The second kappa shape index (κ2) is 9.50. The summed E-state index contributed by atoms with van der Waals surface area (Å²) in [4.78, 5) is 41.5. The number of nitrogens with zero attached hydrogens (tertiary/aromatic N) is 2. The van der Waals surface area contributed by atoms with Gasteiger partial charge in [0.15, 0.2) is 22.8 Å². The Morgan fingerprint density at radius 3 is 2.51 bits per heavy atom. The van der Waals surface area contributed by atoms with Crippen LogP contribution in [0.4, 0.5) is 4.39 Å². The van der Waals surface area contributed by atoms with Gasteiger partial charge >= 0.3 is 0 Å². The van der Waals surface area contributed by atoms with Crippen LogP contribution in [0.2, 0.25) is 0 Å². The van der Waals surface area contributed by atoms with Crippen LogP contribution in [0.25, 0.3) is 10.9 Å². The van der Waals surface area contributed by atoms with Crippen molar-refractivity contribution in [2.24, 2.45) is 12.8 Å². The van der Waals surface area contributed by atoms with Gasteiger partial charge < -0.3 is 15.0 Å². The number of benzene rings is 2. The molecule has 0 aliphatic carbocycles. The minimum Gasteiger partial charge on any atom is -0.454 e. The Kier molecular flexibility index (Phi) is 6.46. The van der Waals surface area contributed by atoms with Crippen LogP contribution < -0.4 is 15.9 Å². The third-order valence-electron chi connectivity index (χ3n) is 6.02. The van der Waals surface area contributed by atoms with Gasteiger partial charge in [-0.15, -0.1) is 0 Å². The van der Waals surface area contributed by atoms with Crippen LogP contribution in [-0.2, 0) is 19.9 Å². The highest BCUT2D eigenvalue weighted by Crippen LogP contribution is 2.26. The Bertz CT molecular complexity index is 1540. The van der Waals surface area contributed by atoms with Crippen LogP contribution in [-0.4, -0.2) is 21.2 Å². The largest absolute Gasteiger partial charge is 0.454 e. The minimum absolute atomic E-state index is 0.0106. The number of ether oxygens (including phenoxy) is 1. The van der Waals surface area contributed by atoms with Gasteiger partial charge in [0.25, 0.3) is 5.91 Å². The van der Waals surface area contributed by atoms with Crippen LogP contribution in [0, 0.1) is 12.7 Å². The lowest BCUT2D eigenvalue weighted by Gasteiger charge is -2.15. The predicted molar refractivity (Wildman–Crippen MR) is 131 cm³/mol. The van der Waals surface area contributed by atoms with E-state index in [4.69, 9.17) is 10.5 Å². The van der Waals surface area contributed by atoms with Gasteiger partial charge in [-0.25, -0.2) is 4.39 Å². The van der Waals surface area contributed by atoms with Crippen molar-refractivity contribution in [1.82, 2.24) is 9.55 Å². The molecular weight excluding hydrogens is 449 g/mol. The van der Waals surface area contributed by atoms with Gasteiger partial charge in [-0.05, 0) is 54.8 Å². The molecule has 0 radical (unpaired) electrons. The number of amides is 1. The first-order chi connectivity index (χ1) is 16.7. The quantitative estimate of drug-likeness (QED) is 0.404. The molecule has 4 aromatic rings. The number of carbonyl (C=O) groups is 2. The molecule has 0 saturated carbocycles. The van der Waals surface area contributed by atoms with Crippen LogP contribution in [0.5, 0.6) is 11.5 Å². The Balaban J connectivity index is 1.62. The van der Waals surface area contributed by atoms with Gasteiger partial charge in [-0.3, -0.25) is 19.4 Å². The summed E-state index contributed by atoms with van der Waals surface area (Å²) >= 11 is 0. The number of carbonyl (C=O) groups excluding carboxylic acids is 2. The van der Waals surface area contributed by atoms with E-state index in [1.807, 2.05) is 36.7 Å². The summed E-state index contributed by atoms with van der Waals surface area (Å²) in [6.07, 6.45) is 1.96. The van der Waals surface area contributed by atoms with Crippen LogP contribution in [0.15, 0.2) is 59.5 Å². The van der Waals surface area contributed by atoms with Crippen molar-refractivity contribution in [3.8, 4) is 11.5 Å². The van der Waals surface area contributed by atoms with E-state index >= 15 is 0 Å². The van der Waals surface area contributed by atoms with Crippen molar-refractivity contribution >= 4 is 22.6 Å². The number of halogens is 1. The number of aryl methyl sites for hydroxylation is 2. The molecule has 0 aliphatic heterocycles. The molecule has 0 fully saturated rings. The van der Waals surface area contributed by atoms with E-state index < -0.39 is 11.7 Å². The standard InChI is InChI=1S/C27H24FN3O4/c1-4-16-5-7-22-19(11-16)26(33)25(15(2)31(22)3)23(32)13-17-6-8-24(20(28)12-17)35-18-9-10-30-21(14-18)27(29)34/h5-12,14H,4,13H2,1-3H3,(H2,29,34). The first kappa shape index (κ1) is 23.8. The summed E-state index contributed by atoms with van der Waals surface area (Å²) in [5, 5.41) is 0.489. The van der Waals surface area contributed by atoms with Gasteiger partial charge in [-0.2, -0.15) is 0 Å². The number of rotatable bonds is 7. The van der Waals surface area contributed by atoms with Crippen molar-refractivity contribution < 1.29 is 18.7 Å². The lowest BCUT2D eigenvalue weighted by molar-refractivity contribution is 0.0984. The van der Waals surface area contributed by atoms with Crippen molar-refractivity contribution in [3.63, 3.8) is 0 Å². The average Bonchev–Trinajstić information content (AvgIpc) is 2.84. The van der Waals surface area contributed by atoms with Crippen molar-refractivity contribution in [1.29, 1.82) is 0 Å². The van der Waals surface area contributed by atoms with Crippen LogP contribution in [0.3, 0.4) is 0 Å². The lowest BCUT2D eigenvalue weighted by Crippen LogP contribution is -2.23. The molecule has 2 aromatic carbocycles. The summed E-state index contributed by atoms with van der Waals surface area (Å²) in [5.74, 6) is -1.71. The number of aromatic nitrogens is 2. The fourth-order valence-electron chi connectivity index (χ4n) is 4.00. The van der Waals surface area contributed by atoms with Crippen molar-refractivity contribution in [2.45, 2.75) is 26.7 Å². The molecule has 0 saturated heterocycles. The highest BCUT2D eigenvalue weighted by molar-refractivity contribution is 6.01. The zero-order valence-corrected chi connectivity index (χ0v) is 19.6. The summed E-state index contributed by atoms with van der Waals surface area (Å²) in [6.45, 7) is 3.73. The van der Waals surface area contributed by atoms with Gasteiger partial charge in [0.2, 0.25) is 0 Å². The topological polar surface area (TPSA) is 104 Å². The normalized spacial score (nSPS) is 11.0. The van der Waals surface area contributed by atoms with Crippen LogP contribution in [0.1, 0.15) is 44.6 Å². The SMILES string of the molecule is CCc1ccc2c(c1)c(=O)c(C(=O)Cc1ccc(Oc3ccnc(C(N)=O)c3)c(F)c1)c(C)n2C. The minimum atomic E-state index is -0.731. The number of pyridine rings is 2. The third kappa shape index (κ3) is 4.68. The number of nitrogens with two attached hydrogens (primary N) is 1. The van der Waals surface area contributed by atoms with E-state index in [1.165, 1.54) is 30.5 Å². The summed E-state index contributed by atoms with van der Waals surface area (Å²) in [5.41, 5.74) is 7.69. The van der Waals surface area contributed by atoms with Gasteiger partial charge in [0, 0.05) is 36.8 Å². The lowest BCUT2D eigenvalue weighted by atomic mass is 9.98. The average molecular weight is 474 g/mol. The van der Waals surface area contributed by atoms with Crippen LogP contribution >= 0.6 is 0 Å². The maximum atomic E-state index is 14.8. The van der Waals surface area contributed by atoms with E-state index in [0.717, 1.165) is 17.5 Å². The zero-order valence-electron chi connectivity index (χ0n) is 19.6. The van der Waals surface area contributed by atoms with E-state index in [-0.39, 0.29) is 40.4 Å². The second-order valence-corrected chi connectivity index (χ2v) is 8.26. The first-order valence-corrected chi connectivity index (χ1v) is 11.1. The Morgan fingerprint density at radius 1 is 1.09 bits per heavy atom. The number of primary amides is 1. The van der Waals surface area contributed by atoms with E-state index in [2.05, 4.69) is 4.98 Å². The number of fused-ring (bicyclic) bond motifs is 1. The third-order valence-corrected chi connectivity index (χ3v) is 6.02. The number of ketones is 1. The monoisotopic (exact) mass is 473 g/mol. The smallest absolute Gasteiger partial charge is 0.267 e. The molecule has 2 aromatic heterocycles. The zero-order chi connectivity index (χ0) is 25.3. The highest BCUT2D eigenvalue weighted by atomic mass is 19.1. The molecule has 2 heterocycles. The fourth-order valence-corrected chi connectivity index (χ4v) is 4.00. The maximum Gasteiger partial charge on any atom is 0.267 e. The van der Waals surface area contributed by atoms with Crippen molar-refractivity contribution in [3.05, 3.63) is 98.8 Å². The molecule has 4 rings (SSSR count). The molecule has 0 spiro atoms. The molecule has 0 atom stereocenters. The van der Waals surface area contributed by atoms with Gasteiger partial charge in [0.05, 0.1) is 11.1 Å². The number of hydrogen-bond acceptors (Lipinski definition) is 5. The molecule has 35 heavy (non-hydrogen) atoms. The Labute approximate surface area is 201 Å². The van der Waals surface area contributed by atoms with Crippen molar-refractivity contribution in [2.75, 3.05) is 0 Å². The summed E-state index contributed by atoms with van der Waals surface area (Å²) in [6, 6.07) is 12.6. The molecule has 8 heteroatoms. The molecular formula is C27H24FN3O4. The molecule has 0 unspecified atom stereocenters. The molecule has 1 amide bonds. The van der Waals surface area contributed by atoms with E-state index in [1.54, 1.807) is 13.0 Å². The summed E-state index contributed by atoms with van der Waals surface area (Å²) < 4.78 is 22.1. The molecule has 2 N–H and O–H groups in total. The van der Waals surface area contributed by atoms with Gasteiger partial charge in [0.1, 0.15) is 11.4 Å². The maximum absolute atomic E-state index is 14.8. The number of Topliss-reactive ketones (excluding diaryl/α,β-unsaturated/α-hetero) is 1. The number of hydrogen-bond donors (Lipinski definition) is 1. The van der Waals surface area contributed by atoms with E-state index in [0.29, 0.717) is 16.6 Å². The molecule has 7 nitrogen and oxygen atoms in total. The second-order valence-electron chi connectivity index (χ2n) is 8.26. The molecule has 178 valence electrons. The van der Waals surface area contributed by atoms with E-state index in [9.17, 15) is 18.8 Å². The fraction of sp³-hybridized carbons (Fsp3) is 0.185. The Morgan fingerprint density at radius 2 is 1.83 bits per heavy atom. The first-order valence-electron chi connectivity index (χ1n) is 11.1. The molecule has 0 aliphatic rings. The van der Waals surface area contributed by atoms with Gasteiger partial charge in [-0.1, -0.05) is 19.1 Å². The highest BCUT2D eigenvalue weighted by Gasteiger charge is 2.20.